The lowest BCUT2D eigenvalue weighted by Crippen LogP contribution is -2.28. The maximum Gasteiger partial charge on any atom is 0.325 e. The van der Waals surface area contributed by atoms with Crippen molar-refractivity contribution in [3.63, 3.8) is 0 Å². The summed E-state index contributed by atoms with van der Waals surface area (Å²) in [6, 6.07) is 0. The van der Waals surface area contributed by atoms with Crippen LogP contribution in [0.4, 0.5) is 0 Å². The molecule has 1 aromatic rings. The molecule has 0 saturated carbocycles. The third-order valence-corrected chi connectivity index (χ3v) is 1.64. The number of carbonyl (C=O) groups is 1. The van der Waals surface area contributed by atoms with Gasteiger partial charge in [-0.25, -0.2) is 4.79 Å². The lowest BCUT2D eigenvalue weighted by molar-refractivity contribution is -0.117. The van der Waals surface area contributed by atoms with Crippen LogP contribution >= 0.6 is 0 Å². The molecule has 1 rings (SSSR count). The van der Waals surface area contributed by atoms with Gasteiger partial charge in [0.2, 0.25) is 5.91 Å². The molecule has 1 heterocycles. The highest BCUT2D eigenvalue weighted by Crippen LogP contribution is 1.94. The van der Waals surface area contributed by atoms with E-state index in [1.165, 1.54) is 6.92 Å². The summed E-state index contributed by atoms with van der Waals surface area (Å²) in [5.41, 5.74) is 4.36. The van der Waals surface area contributed by atoms with Gasteiger partial charge >= 0.3 is 5.69 Å². The number of nitrogens with two attached hydrogens (primary N) is 1. The number of hydrogen-bond donors (Lipinski definition) is 3. The predicted molar refractivity (Wildman–Crippen MR) is 45.3 cm³/mol. The average Bonchev–Trinajstić information content (AvgIpc) is 1.98. The van der Waals surface area contributed by atoms with Crippen molar-refractivity contribution in [2.45, 2.75) is 13.3 Å². The number of hydrogen-bond acceptors (Lipinski definition) is 3. The molecule has 6 heteroatoms. The quantitative estimate of drug-likeness (QED) is 0.513. The van der Waals surface area contributed by atoms with Crippen molar-refractivity contribution in [3.05, 3.63) is 32.1 Å². The minimum absolute atomic E-state index is 0.134. The van der Waals surface area contributed by atoms with E-state index in [0.29, 0.717) is 5.56 Å². The van der Waals surface area contributed by atoms with E-state index in [2.05, 4.69) is 4.98 Å². The molecule has 0 aromatic carbocycles. The Labute approximate surface area is 72.8 Å². The standard InChI is InChI=1S/C7H9N3O3/c1-3-4(2-5(8)11)9-7(13)10-6(3)12/h2H2,1H3,(H2,8,11)(H2,9,10,12,13). The summed E-state index contributed by atoms with van der Waals surface area (Å²) in [5, 5.41) is 0. The Balaban J connectivity index is 3.28. The average molecular weight is 183 g/mol. The summed E-state index contributed by atoms with van der Waals surface area (Å²) < 4.78 is 0. The van der Waals surface area contributed by atoms with E-state index in [1.807, 2.05) is 4.98 Å². The number of rotatable bonds is 2. The first kappa shape index (κ1) is 9.24. The summed E-state index contributed by atoms with van der Waals surface area (Å²) in [7, 11) is 0. The lowest BCUT2D eigenvalue weighted by Gasteiger charge is -2.00. The summed E-state index contributed by atoms with van der Waals surface area (Å²) >= 11 is 0. The van der Waals surface area contributed by atoms with Crippen molar-refractivity contribution < 1.29 is 4.79 Å². The van der Waals surface area contributed by atoms with Gasteiger partial charge in [-0.2, -0.15) is 0 Å². The zero-order chi connectivity index (χ0) is 10.0. The zero-order valence-electron chi connectivity index (χ0n) is 7.01. The van der Waals surface area contributed by atoms with Crippen LogP contribution in [0.2, 0.25) is 0 Å². The van der Waals surface area contributed by atoms with Crippen molar-refractivity contribution in [2.75, 3.05) is 0 Å². The van der Waals surface area contributed by atoms with Crippen molar-refractivity contribution >= 4 is 5.91 Å². The Bertz CT molecular complexity index is 443. The van der Waals surface area contributed by atoms with Crippen molar-refractivity contribution in [3.8, 4) is 0 Å². The first-order valence-electron chi connectivity index (χ1n) is 3.61. The second-order valence-electron chi connectivity index (χ2n) is 2.65. The number of amides is 1. The molecule has 0 aliphatic heterocycles. The molecule has 70 valence electrons. The van der Waals surface area contributed by atoms with Crippen LogP contribution in [0.15, 0.2) is 9.59 Å². The number of carbonyl (C=O) groups excluding carboxylic acids is 1. The Morgan fingerprint density at radius 1 is 1.38 bits per heavy atom. The Kier molecular flexibility index (Phi) is 2.32. The van der Waals surface area contributed by atoms with Crippen LogP contribution in [0.3, 0.4) is 0 Å². The third-order valence-electron chi connectivity index (χ3n) is 1.64. The molecule has 0 radical (unpaired) electrons. The second-order valence-corrected chi connectivity index (χ2v) is 2.65. The van der Waals surface area contributed by atoms with Crippen LogP contribution in [-0.4, -0.2) is 15.9 Å². The van der Waals surface area contributed by atoms with Crippen LogP contribution in [-0.2, 0) is 11.2 Å². The van der Waals surface area contributed by atoms with Gasteiger partial charge in [-0.3, -0.25) is 14.6 Å². The van der Waals surface area contributed by atoms with E-state index in [9.17, 15) is 14.4 Å². The molecule has 0 saturated heterocycles. The maximum absolute atomic E-state index is 11.0. The monoisotopic (exact) mass is 183 g/mol. The van der Waals surface area contributed by atoms with E-state index < -0.39 is 17.2 Å². The number of aromatic nitrogens is 2. The summed E-state index contributed by atoms with van der Waals surface area (Å²) in [6.45, 7) is 1.51. The van der Waals surface area contributed by atoms with Crippen molar-refractivity contribution in [1.29, 1.82) is 0 Å². The Hall–Kier alpha value is -1.85. The SMILES string of the molecule is Cc1c(CC(N)=O)[nH]c(=O)[nH]c1=O. The zero-order valence-corrected chi connectivity index (χ0v) is 7.01. The van der Waals surface area contributed by atoms with Gasteiger partial charge in [0.1, 0.15) is 0 Å². The van der Waals surface area contributed by atoms with Crippen LogP contribution in [0.25, 0.3) is 0 Å². The molecule has 4 N–H and O–H groups in total. The molecular weight excluding hydrogens is 174 g/mol. The fourth-order valence-corrected chi connectivity index (χ4v) is 0.947. The molecule has 0 spiro atoms. The number of primary amides is 1. The fourth-order valence-electron chi connectivity index (χ4n) is 0.947. The number of aromatic amines is 2. The molecule has 0 unspecified atom stereocenters. The molecule has 6 nitrogen and oxygen atoms in total. The van der Waals surface area contributed by atoms with Gasteiger partial charge in [-0.1, -0.05) is 0 Å². The second kappa shape index (κ2) is 3.26. The van der Waals surface area contributed by atoms with Gasteiger partial charge in [0.25, 0.3) is 5.56 Å². The third kappa shape index (κ3) is 2.05. The smallest absolute Gasteiger partial charge is 0.325 e. The lowest BCUT2D eigenvalue weighted by atomic mass is 10.2. The first-order chi connectivity index (χ1) is 6.00. The largest absolute Gasteiger partial charge is 0.369 e. The molecule has 0 aliphatic rings. The van der Waals surface area contributed by atoms with Gasteiger partial charge in [-0.05, 0) is 6.92 Å². The number of H-pyrrole nitrogens is 2. The number of nitrogens with one attached hydrogen (secondary N) is 2. The van der Waals surface area contributed by atoms with Crippen molar-refractivity contribution in [2.24, 2.45) is 5.73 Å². The molecule has 0 bridgehead atoms. The Morgan fingerprint density at radius 3 is 2.54 bits per heavy atom. The van der Waals surface area contributed by atoms with E-state index >= 15 is 0 Å². The molecule has 13 heavy (non-hydrogen) atoms. The van der Waals surface area contributed by atoms with Gasteiger partial charge < -0.3 is 10.7 Å². The summed E-state index contributed by atoms with van der Waals surface area (Å²) in [4.78, 5) is 36.7. The highest BCUT2D eigenvalue weighted by atomic mass is 16.2. The Morgan fingerprint density at radius 2 is 2.00 bits per heavy atom. The molecule has 0 fully saturated rings. The van der Waals surface area contributed by atoms with Gasteiger partial charge in [0, 0.05) is 11.3 Å². The molecular formula is C7H9N3O3. The van der Waals surface area contributed by atoms with Crippen LogP contribution in [0, 0.1) is 6.92 Å². The van der Waals surface area contributed by atoms with E-state index in [-0.39, 0.29) is 12.1 Å². The normalized spacial score (nSPS) is 9.92. The van der Waals surface area contributed by atoms with Crippen molar-refractivity contribution in [1.82, 2.24) is 9.97 Å². The highest BCUT2D eigenvalue weighted by Gasteiger charge is 2.06. The summed E-state index contributed by atoms with van der Waals surface area (Å²) in [5.74, 6) is -0.593. The van der Waals surface area contributed by atoms with E-state index in [4.69, 9.17) is 5.73 Å². The van der Waals surface area contributed by atoms with Crippen LogP contribution in [0.5, 0.6) is 0 Å². The summed E-state index contributed by atoms with van der Waals surface area (Å²) in [6.07, 6.45) is -0.134. The van der Waals surface area contributed by atoms with Crippen LogP contribution < -0.4 is 17.0 Å². The maximum atomic E-state index is 11.0. The topological polar surface area (TPSA) is 109 Å². The minimum Gasteiger partial charge on any atom is -0.369 e. The molecule has 1 aromatic heterocycles. The fraction of sp³-hybridized carbons (Fsp3) is 0.286. The predicted octanol–water partition coefficient (Wildman–Crippen LogP) is -1.60. The van der Waals surface area contributed by atoms with Gasteiger partial charge in [-0.15, -0.1) is 0 Å². The highest BCUT2D eigenvalue weighted by molar-refractivity contribution is 5.76. The van der Waals surface area contributed by atoms with Gasteiger partial charge in [0.15, 0.2) is 0 Å². The van der Waals surface area contributed by atoms with Gasteiger partial charge in [0.05, 0.1) is 6.42 Å². The molecule has 1 amide bonds. The first-order valence-corrected chi connectivity index (χ1v) is 3.61. The molecule has 0 aliphatic carbocycles. The van der Waals surface area contributed by atoms with E-state index in [1.54, 1.807) is 0 Å². The molecule has 0 atom stereocenters. The minimum atomic E-state index is -0.633. The van der Waals surface area contributed by atoms with E-state index in [0.717, 1.165) is 0 Å². The van der Waals surface area contributed by atoms with Crippen LogP contribution in [0.1, 0.15) is 11.3 Å².